The Balaban J connectivity index is 0. The van der Waals surface area contributed by atoms with E-state index in [0.717, 1.165) is 0 Å². The summed E-state index contributed by atoms with van der Waals surface area (Å²) in [4.78, 5) is 0. The van der Waals surface area contributed by atoms with Gasteiger partial charge in [0.25, 0.3) is 0 Å². The first-order valence-corrected chi connectivity index (χ1v) is 12.8. The Kier molecular flexibility index (Phi) is 12.3. The first-order valence-electron chi connectivity index (χ1n) is 4.88. The summed E-state index contributed by atoms with van der Waals surface area (Å²) in [6, 6.07) is 0. The summed E-state index contributed by atoms with van der Waals surface area (Å²) in [6.07, 6.45) is 4.60. The van der Waals surface area contributed by atoms with Crippen LogP contribution >= 0.6 is 18.4 Å². The molecule has 0 heterocycles. The fourth-order valence-electron chi connectivity index (χ4n) is 1.41. The second-order valence-corrected chi connectivity index (χ2v) is 8.12. The van der Waals surface area contributed by atoms with Crippen LogP contribution in [0.15, 0.2) is 22.3 Å². The van der Waals surface area contributed by atoms with Crippen LogP contribution in [0.3, 0.4) is 0 Å². The molecule has 16 heavy (non-hydrogen) atoms. The first-order chi connectivity index (χ1) is 7.38. The molecule has 0 amide bonds. The average Bonchev–Trinajstić information content (AvgIpc) is 2.39. The third-order valence-electron chi connectivity index (χ3n) is 2.81. The maximum absolute atomic E-state index is 4.94. The van der Waals surface area contributed by atoms with Gasteiger partial charge < -0.3 is 0 Å². The van der Waals surface area contributed by atoms with Crippen molar-refractivity contribution >= 4 is 18.4 Å². The van der Waals surface area contributed by atoms with Crippen LogP contribution in [0.1, 0.15) is 41.5 Å². The number of halogens is 2. The molecule has 0 bridgehead atoms. The Labute approximate surface area is 117 Å². The molecule has 1 radical (unpaired) electrons. The molecule has 0 nitrogen and oxygen atoms in total. The molecule has 1 aliphatic rings. The van der Waals surface area contributed by atoms with Crippen molar-refractivity contribution in [1.29, 1.82) is 0 Å². The first kappa shape index (κ1) is 18.7. The molecule has 0 saturated carbocycles. The van der Waals surface area contributed by atoms with E-state index in [1.165, 1.54) is 28.2 Å². The van der Waals surface area contributed by atoms with Crippen molar-refractivity contribution < 1.29 is 17.6 Å². The number of rotatable bonds is 0. The minimum absolute atomic E-state index is 0.889. The predicted molar refractivity (Wildman–Crippen MR) is 71.9 cm³/mol. The summed E-state index contributed by atoms with van der Waals surface area (Å²) in [6.45, 7) is 12.6. The predicted octanol–water partition coefficient (Wildman–Crippen LogP) is 5.28. The van der Waals surface area contributed by atoms with Gasteiger partial charge in [-0.05, 0) is 45.8 Å². The van der Waals surface area contributed by atoms with Crippen LogP contribution in [0.5, 0.6) is 0 Å². The Bertz CT molecular complexity index is 284. The summed E-state index contributed by atoms with van der Waals surface area (Å²) in [5.74, 6) is 3.72. The van der Waals surface area contributed by atoms with E-state index in [4.69, 9.17) is 18.4 Å². The molecule has 0 fully saturated rings. The van der Waals surface area contributed by atoms with E-state index in [9.17, 15) is 0 Å². The fourth-order valence-corrected chi connectivity index (χ4v) is 1.41. The molecule has 1 aliphatic carbocycles. The van der Waals surface area contributed by atoms with E-state index in [1.807, 2.05) is 0 Å². The van der Waals surface area contributed by atoms with Gasteiger partial charge in [0.15, 0.2) is 0 Å². The molecule has 1 rings (SSSR count). The zero-order chi connectivity index (χ0) is 13.3. The van der Waals surface area contributed by atoms with Gasteiger partial charge in [0, 0.05) is 5.92 Å². The number of allylic oxidation sites excluding steroid dienone is 4. The van der Waals surface area contributed by atoms with Crippen LogP contribution in [0.25, 0.3) is 0 Å². The molecule has 0 aliphatic heterocycles. The van der Waals surface area contributed by atoms with Gasteiger partial charge >= 0.3 is 36.0 Å². The van der Waals surface area contributed by atoms with Crippen molar-refractivity contribution in [3.05, 3.63) is 28.2 Å². The zero-order valence-corrected chi connectivity index (χ0v) is 15.5. The van der Waals surface area contributed by atoms with Crippen LogP contribution in [0.4, 0.5) is 0 Å². The van der Waals surface area contributed by atoms with Crippen LogP contribution < -0.4 is 0 Å². The molecule has 0 unspecified atom stereocenters. The van der Waals surface area contributed by atoms with Gasteiger partial charge in [0.2, 0.25) is 0 Å². The monoisotopic (exact) mass is 426 g/mol. The molecule has 0 aromatic carbocycles. The Morgan fingerprint density at radius 3 is 1.12 bits per heavy atom. The number of hydrogen-bond acceptors (Lipinski definition) is 0. The van der Waals surface area contributed by atoms with Crippen molar-refractivity contribution in [2.45, 2.75) is 41.5 Å². The molecule has 0 saturated heterocycles. The summed E-state index contributed by atoms with van der Waals surface area (Å²) >= 11 is -0.889. The van der Waals surface area contributed by atoms with Crippen LogP contribution in [0, 0.1) is 18.3 Å². The quantitative estimate of drug-likeness (QED) is 0.462. The molecular formula is C13H19Cl2Ta. The number of hydrogen-bond donors (Lipinski definition) is 0. The molecule has 0 aromatic rings. The van der Waals surface area contributed by atoms with Crippen molar-refractivity contribution in [1.82, 2.24) is 0 Å². The minimum atomic E-state index is -0.889. The molecule has 3 heteroatoms. The van der Waals surface area contributed by atoms with Crippen molar-refractivity contribution in [3.63, 3.8) is 0 Å². The van der Waals surface area contributed by atoms with E-state index in [0.29, 0.717) is 0 Å². The van der Waals surface area contributed by atoms with Gasteiger partial charge in [-0.2, -0.15) is 0 Å². The van der Waals surface area contributed by atoms with Gasteiger partial charge in [-0.25, -0.2) is 0 Å². The number of terminal acetylenes is 1. The Morgan fingerprint density at radius 2 is 1.06 bits per heavy atom. The third kappa shape index (κ3) is 6.18. The molecule has 0 N–H and O–H groups in total. The van der Waals surface area contributed by atoms with E-state index in [2.05, 4.69) is 47.0 Å². The maximum atomic E-state index is 4.94. The Hall–Kier alpha value is 0.360. The molecular weight excluding hydrogens is 408 g/mol. The average molecular weight is 427 g/mol. The van der Waals surface area contributed by atoms with E-state index in [1.54, 1.807) is 6.92 Å². The van der Waals surface area contributed by atoms with E-state index >= 15 is 0 Å². The van der Waals surface area contributed by atoms with E-state index in [-0.39, 0.29) is 0 Å². The zero-order valence-electron chi connectivity index (χ0n) is 10.8. The molecule has 0 aromatic heterocycles. The van der Waals surface area contributed by atoms with Gasteiger partial charge in [-0.1, -0.05) is 18.1 Å². The summed E-state index contributed by atoms with van der Waals surface area (Å²) < 4.78 is 0. The van der Waals surface area contributed by atoms with Crippen molar-refractivity contribution in [2.24, 2.45) is 0 Å². The standard InChI is InChI=1S/C10H15.C3H4.2ClH.Ta/c1-6-7(2)9(4)10(5)8(6)3;1-3-2;;;/h1-5H3;1H,2H3;2*1H;/q;;;;+2/p-2. The molecule has 0 atom stereocenters. The normalized spacial score (nSPS) is 14.7. The SMILES string of the molecule is C#CC.C[C]1C(C)=C(C)C(C)=C1C.[Cl][Ta][Cl]. The summed E-state index contributed by atoms with van der Waals surface area (Å²) in [5, 5.41) is 0. The fraction of sp³-hybridized carbons (Fsp3) is 0.462. The summed E-state index contributed by atoms with van der Waals surface area (Å²) in [7, 11) is 9.89. The van der Waals surface area contributed by atoms with Gasteiger partial charge in [-0.15, -0.1) is 12.3 Å². The van der Waals surface area contributed by atoms with Crippen LogP contribution in [0.2, 0.25) is 0 Å². The van der Waals surface area contributed by atoms with Gasteiger partial charge in [-0.3, -0.25) is 0 Å². The van der Waals surface area contributed by atoms with Crippen molar-refractivity contribution in [2.75, 3.05) is 0 Å². The molecule has 90 valence electrons. The van der Waals surface area contributed by atoms with E-state index < -0.39 is 17.6 Å². The van der Waals surface area contributed by atoms with Gasteiger partial charge in [0.05, 0.1) is 0 Å². The second-order valence-electron chi connectivity index (χ2n) is 3.48. The van der Waals surface area contributed by atoms with Crippen LogP contribution in [-0.2, 0) is 17.6 Å². The molecule has 0 spiro atoms. The van der Waals surface area contributed by atoms with Crippen molar-refractivity contribution in [3.8, 4) is 12.3 Å². The van der Waals surface area contributed by atoms with Crippen LogP contribution in [-0.4, -0.2) is 0 Å². The van der Waals surface area contributed by atoms with Gasteiger partial charge in [0.1, 0.15) is 0 Å². The summed E-state index contributed by atoms with van der Waals surface area (Å²) in [5.41, 5.74) is 5.87. The second kappa shape index (κ2) is 10.5. The topological polar surface area (TPSA) is 0 Å². The third-order valence-corrected chi connectivity index (χ3v) is 2.81. The Morgan fingerprint density at radius 1 is 0.875 bits per heavy atom.